The molecule has 0 aromatic heterocycles. The number of aliphatic carboxylic acids is 2. The minimum absolute atomic E-state index is 0.428. The van der Waals surface area contributed by atoms with E-state index < -0.39 is 40.4 Å². The standard InChI is InChI=1S/C18H32N2O7Si2/c1-28(2,13-5-11-19-15(21)7-9-17(23)24)27-29(3,4)14-6-12-20-16(22)8-10-18(25)26/h7-10H,5-6,11-14H2,1-4H3,(H,19,21)(H,20,22)(H,23,24)(H,25,26)/b9-7-,10-8-. The second kappa shape index (κ2) is 13.1. The maximum Gasteiger partial charge on any atom is 0.328 e. The monoisotopic (exact) mass is 444 g/mol. The van der Waals surface area contributed by atoms with E-state index in [4.69, 9.17) is 14.3 Å². The number of hydrogen-bond donors (Lipinski definition) is 4. The molecule has 0 spiro atoms. The van der Waals surface area contributed by atoms with Crippen molar-refractivity contribution in [1.82, 2.24) is 10.6 Å². The molecule has 0 unspecified atom stereocenters. The van der Waals surface area contributed by atoms with E-state index in [-0.39, 0.29) is 0 Å². The third-order valence-corrected chi connectivity index (χ3v) is 11.4. The van der Waals surface area contributed by atoms with Crippen LogP contribution in [0.25, 0.3) is 0 Å². The molecular formula is C18H32N2O7Si2. The number of carbonyl (C=O) groups is 4. The second-order valence-corrected chi connectivity index (χ2v) is 16.6. The van der Waals surface area contributed by atoms with Crippen molar-refractivity contribution in [2.75, 3.05) is 13.1 Å². The third-order valence-electron chi connectivity index (χ3n) is 3.82. The van der Waals surface area contributed by atoms with Crippen LogP contribution in [0.15, 0.2) is 24.3 Å². The normalized spacial score (nSPS) is 12.3. The van der Waals surface area contributed by atoms with Gasteiger partial charge in [-0.1, -0.05) is 0 Å². The summed E-state index contributed by atoms with van der Waals surface area (Å²) in [4.78, 5) is 43.6. The maximum absolute atomic E-state index is 11.4. The number of hydrogen-bond acceptors (Lipinski definition) is 5. The van der Waals surface area contributed by atoms with E-state index in [0.717, 1.165) is 49.2 Å². The molecule has 0 radical (unpaired) electrons. The Bertz CT molecular complexity index is 592. The third kappa shape index (κ3) is 16.4. The molecule has 4 N–H and O–H groups in total. The van der Waals surface area contributed by atoms with Gasteiger partial charge < -0.3 is 25.0 Å². The van der Waals surface area contributed by atoms with Crippen molar-refractivity contribution < 1.29 is 33.5 Å². The van der Waals surface area contributed by atoms with E-state index in [1.807, 2.05) is 0 Å². The molecule has 0 aliphatic heterocycles. The van der Waals surface area contributed by atoms with E-state index in [9.17, 15) is 19.2 Å². The van der Waals surface area contributed by atoms with Gasteiger partial charge in [-0.15, -0.1) is 0 Å². The molecule has 0 aromatic rings. The molecule has 0 saturated carbocycles. The van der Waals surface area contributed by atoms with Crippen molar-refractivity contribution in [2.45, 2.75) is 51.1 Å². The summed E-state index contributed by atoms with van der Waals surface area (Å²) in [5.41, 5.74) is 0. The zero-order valence-corrected chi connectivity index (χ0v) is 19.5. The summed E-state index contributed by atoms with van der Waals surface area (Å²) in [7, 11) is -3.84. The van der Waals surface area contributed by atoms with Crippen LogP contribution in [0, 0.1) is 0 Å². The number of rotatable bonds is 14. The van der Waals surface area contributed by atoms with Crippen molar-refractivity contribution in [1.29, 1.82) is 0 Å². The van der Waals surface area contributed by atoms with E-state index >= 15 is 0 Å². The van der Waals surface area contributed by atoms with Gasteiger partial charge in [-0.3, -0.25) is 9.59 Å². The smallest absolute Gasteiger partial charge is 0.328 e. The average Bonchev–Trinajstić information content (AvgIpc) is 2.58. The molecule has 0 bridgehead atoms. The lowest BCUT2D eigenvalue weighted by Gasteiger charge is -2.34. The quantitative estimate of drug-likeness (QED) is 0.181. The van der Waals surface area contributed by atoms with Gasteiger partial charge in [0.1, 0.15) is 0 Å². The molecule has 0 aliphatic carbocycles. The van der Waals surface area contributed by atoms with Gasteiger partial charge in [-0.2, -0.15) is 0 Å². The van der Waals surface area contributed by atoms with Crippen molar-refractivity contribution in [3.8, 4) is 0 Å². The Morgan fingerprint density at radius 1 is 0.724 bits per heavy atom. The fourth-order valence-electron chi connectivity index (χ4n) is 2.71. The predicted molar refractivity (Wildman–Crippen MR) is 114 cm³/mol. The molecule has 0 aromatic carbocycles. The molecule has 0 rings (SSSR count). The first kappa shape index (κ1) is 26.8. The van der Waals surface area contributed by atoms with Crippen LogP contribution >= 0.6 is 0 Å². The fraction of sp³-hybridized carbons (Fsp3) is 0.556. The molecule has 0 atom stereocenters. The first-order valence-electron chi connectivity index (χ1n) is 9.41. The van der Waals surface area contributed by atoms with Crippen LogP contribution < -0.4 is 10.6 Å². The van der Waals surface area contributed by atoms with E-state index in [2.05, 4.69) is 36.8 Å². The highest BCUT2D eigenvalue weighted by Gasteiger charge is 2.32. The number of amides is 2. The molecule has 0 heterocycles. The summed E-state index contributed by atoms with van der Waals surface area (Å²) >= 11 is 0. The highest BCUT2D eigenvalue weighted by Crippen LogP contribution is 2.23. The van der Waals surface area contributed by atoms with Gasteiger partial charge in [0.2, 0.25) is 11.8 Å². The molecule has 0 aliphatic rings. The number of carbonyl (C=O) groups excluding carboxylic acids is 2. The second-order valence-electron chi connectivity index (χ2n) is 7.75. The Kier molecular flexibility index (Phi) is 12.1. The zero-order chi connectivity index (χ0) is 22.5. The minimum Gasteiger partial charge on any atom is -0.478 e. The Hall–Kier alpha value is -2.25. The maximum atomic E-state index is 11.4. The van der Waals surface area contributed by atoms with Gasteiger partial charge in [0, 0.05) is 37.4 Å². The van der Waals surface area contributed by atoms with Gasteiger partial charge in [0.15, 0.2) is 16.6 Å². The first-order chi connectivity index (χ1) is 13.3. The van der Waals surface area contributed by atoms with Crippen LogP contribution in [0.3, 0.4) is 0 Å². The first-order valence-corrected chi connectivity index (χ1v) is 15.6. The van der Waals surface area contributed by atoms with Crippen molar-refractivity contribution in [3.05, 3.63) is 24.3 Å². The summed E-state index contributed by atoms with van der Waals surface area (Å²) in [6, 6.07) is 1.73. The average molecular weight is 445 g/mol. The number of nitrogens with one attached hydrogen (secondary N) is 2. The Balaban J connectivity index is 4.17. The van der Waals surface area contributed by atoms with Crippen molar-refractivity contribution >= 4 is 40.4 Å². The molecule has 11 heteroatoms. The summed E-state index contributed by atoms with van der Waals surface area (Å²) < 4.78 is 6.47. The molecule has 0 fully saturated rings. The SMILES string of the molecule is C[Si](C)(CCCNC(=O)/C=C\C(=O)O)O[Si](C)(C)CCCNC(=O)/C=C\C(=O)O. The summed E-state index contributed by atoms with van der Waals surface area (Å²) in [5.74, 6) is -3.18. The Morgan fingerprint density at radius 3 is 1.38 bits per heavy atom. The van der Waals surface area contributed by atoms with E-state index in [1.165, 1.54) is 0 Å². The Morgan fingerprint density at radius 2 is 1.07 bits per heavy atom. The summed E-state index contributed by atoms with van der Waals surface area (Å²) in [6.07, 6.45) is 5.10. The largest absolute Gasteiger partial charge is 0.478 e. The van der Waals surface area contributed by atoms with E-state index in [1.54, 1.807) is 0 Å². The van der Waals surface area contributed by atoms with Gasteiger partial charge in [-0.25, -0.2) is 9.59 Å². The molecule has 29 heavy (non-hydrogen) atoms. The van der Waals surface area contributed by atoms with Gasteiger partial charge in [0.25, 0.3) is 0 Å². The topological polar surface area (TPSA) is 142 Å². The fourth-order valence-corrected chi connectivity index (χ4v) is 11.6. The van der Waals surface area contributed by atoms with Crippen LogP contribution in [0.2, 0.25) is 38.3 Å². The van der Waals surface area contributed by atoms with Crippen LogP contribution in [0.1, 0.15) is 12.8 Å². The number of carboxylic acids is 2. The Labute approximate surface area is 173 Å². The van der Waals surface area contributed by atoms with Crippen LogP contribution in [0.5, 0.6) is 0 Å². The minimum atomic E-state index is -1.92. The zero-order valence-electron chi connectivity index (χ0n) is 17.5. The van der Waals surface area contributed by atoms with Gasteiger partial charge in [-0.05, 0) is 51.1 Å². The van der Waals surface area contributed by atoms with Crippen LogP contribution in [-0.4, -0.2) is 63.7 Å². The lowest BCUT2D eigenvalue weighted by molar-refractivity contribution is -0.132. The molecule has 164 valence electrons. The lowest BCUT2D eigenvalue weighted by atomic mass is 10.4. The molecule has 9 nitrogen and oxygen atoms in total. The highest BCUT2D eigenvalue weighted by atomic mass is 28.4. The molecule has 2 amide bonds. The summed E-state index contributed by atoms with van der Waals surface area (Å²) in [5, 5.41) is 22.3. The predicted octanol–water partition coefficient (Wildman–Crippen LogP) is 1.71. The van der Waals surface area contributed by atoms with Crippen LogP contribution in [0.4, 0.5) is 0 Å². The highest BCUT2D eigenvalue weighted by molar-refractivity contribution is 6.84. The number of carboxylic acid groups (broad SMARTS) is 2. The van der Waals surface area contributed by atoms with E-state index in [0.29, 0.717) is 13.1 Å². The van der Waals surface area contributed by atoms with Crippen molar-refractivity contribution in [2.24, 2.45) is 0 Å². The summed E-state index contributed by atoms with van der Waals surface area (Å²) in [6.45, 7) is 9.44. The van der Waals surface area contributed by atoms with Crippen LogP contribution in [-0.2, 0) is 23.3 Å². The molecule has 0 saturated heterocycles. The molecular weight excluding hydrogens is 412 g/mol. The van der Waals surface area contributed by atoms with Crippen molar-refractivity contribution in [3.63, 3.8) is 0 Å². The van der Waals surface area contributed by atoms with Gasteiger partial charge >= 0.3 is 11.9 Å². The lowest BCUT2D eigenvalue weighted by Crippen LogP contribution is -2.44. The van der Waals surface area contributed by atoms with Gasteiger partial charge in [0.05, 0.1) is 0 Å².